The zero-order valence-corrected chi connectivity index (χ0v) is 13.9. The van der Waals surface area contributed by atoms with E-state index >= 15 is 0 Å². The molecule has 3 rings (SSSR count). The number of nitrogens with zero attached hydrogens (tertiary/aromatic N) is 1. The van der Waals surface area contributed by atoms with Gasteiger partial charge in [0.2, 0.25) is 5.91 Å². The van der Waals surface area contributed by atoms with Crippen LogP contribution in [0.15, 0.2) is 17.5 Å². The standard InChI is InChI=1S/C16H23N3O3S/c20-15(17-10-13-5-2-8-22-13)12-4-1-7-19(11-12)16(21)18-14-6-3-9-23-14/h3,6,9,12-13H,1-2,4-5,7-8,10-11H2,(H,17,20)(H,18,21). The Morgan fingerprint density at radius 3 is 3.00 bits per heavy atom. The Morgan fingerprint density at radius 2 is 2.26 bits per heavy atom. The molecule has 23 heavy (non-hydrogen) atoms. The van der Waals surface area contributed by atoms with Gasteiger partial charge in [-0.15, -0.1) is 11.3 Å². The Morgan fingerprint density at radius 1 is 1.35 bits per heavy atom. The number of anilines is 1. The van der Waals surface area contributed by atoms with Gasteiger partial charge in [-0.1, -0.05) is 0 Å². The molecule has 0 bridgehead atoms. The summed E-state index contributed by atoms with van der Waals surface area (Å²) in [6.07, 6.45) is 3.93. The summed E-state index contributed by atoms with van der Waals surface area (Å²) in [5.74, 6) is -0.0895. The Hall–Kier alpha value is -1.60. The Balaban J connectivity index is 1.46. The number of urea groups is 1. The average molecular weight is 337 g/mol. The lowest BCUT2D eigenvalue weighted by atomic mass is 9.97. The van der Waals surface area contributed by atoms with Crippen molar-refractivity contribution in [3.63, 3.8) is 0 Å². The Bertz CT molecular complexity index is 529. The Labute approximate surface area is 140 Å². The molecular weight excluding hydrogens is 314 g/mol. The van der Waals surface area contributed by atoms with Gasteiger partial charge in [-0.3, -0.25) is 10.1 Å². The van der Waals surface area contributed by atoms with Crippen molar-refractivity contribution in [3.8, 4) is 0 Å². The number of amides is 3. The van der Waals surface area contributed by atoms with Gasteiger partial charge in [0.25, 0.3) is 0 Å². The number of carbonyl (C=O) groups is 2. The molecule has 3 heterocycles. The molecule has 2 aliphatic rings. The van der Waals surface area contributed by atoms with Gasteiger partial charge in [-0.2, -0.15) is 0 Å². The number of thiophene rings is 1. The first-order valence-corrected chi connectivity index (χ1v) is 9.09. The lowest BCUT2D eigenvalue weighted by Gasteiger charge is -2.32. The third kappa shape index (κ3) is 4.45. The van der Waals surface area contributed by atoms with E-state index in [4.69, 9.17) is 4.74 Å². The van der Waals surface area contributed by atoms with Gasteiger partial charge >= 0.3 is 6.03 Å². The minimum absolute atomic E-state index is 0.0362. The smallest absolute Gasteiger partial charge is 0.322 e. The zero-order valence-electron chi connectivity index (χ0n) is 13.1. The molecule has 0 radical (unpaired) electrons. The maximum Gasteiger partial charge on any atom is 0.322 e. The molecule has 2 saturated heterocycles. The van der Waals surface area contributed by atoms with Crippen LogP contribution in [-0.4, -0.2) is 49.2 Å². The number of hydrogen-bond acceptors (Lipinski definition) is 4. The van der Waals surface area contributed by atoms with Crippen LogP contribution in [-0.2, 0) is 9.53 Å². The number of nitrogens with one attached hydrogen (secondary N) is 2. The quantitative estimate of drug-likeness (QED) is 0.885. The van der Waals surface area contributed by atoms with E-state index < -0.39 is 0 Å². The first-order valence-electron chi connectivity index (χ1n) is 8.21. The SMILES string of the molecule is O=C(NCC1CCCO1)C1CCCN(C(=O)Nc2cccs2)C1. The van der Waals surface area contributed by atoms with E-state index in [1.165, 1.54) is 11.3 Å². The number of carbonyl (C=O) groups excluding carboxylic acids is 2. The van der Waals surface area contributed by atoms with E-state index in [0.717, 1.165) is 37.3 Å². The van der Waals surface area contributed by atoms with E-state index in [9.17, 15) is 9.59 Å². The minimum atomic E-state index is -0.126. The van der Waals surface area contributed by atoms with Gasteiger partial charge in [0.15, 0.2) is 0 Å². The van der Waals surface area contributed by atoms with Crippen molar-refractivity contribution in [1.82, 2.24) is 10.2 Å². The summed E-state index contributed by atoms with van der Waals surface area (Å²) in [7, 11) is 0. The number of rotatable bonds is 4. The fraction of sp³-hybridized carbons (Fsp3) is 0.625. The fourth-order valence-corrected chi connectivity index (χ4v) is 3.68. The molecule has 6 nitrogen and oxygen atoms in total. The van der Waals surface area contributed by atoms with Gasteiger partial charge in [-0.05, 0) is 43.2 Å². The Kier molecular flexibility index (Phi) is 5.51. The highest BCUT2D eigenvalue weighted by Gasteiger charge is 2.29. The minimum Gasteiger partial charge on any atom is -0.376 e. The molecule has 0 aromatic carbocycles. The van der Waals surface area contributed by atoms with Gasteiger partial charge < -0.3 is 15.0 Å². The van der Waals surface area contributed by atoms with Crippen LogP contribution >= 0.6 is 11.3 Å². The van der Waals surface area contributed by atoms with E-state index in [1.54, 1.807) is 4.90 Å². The van der Waals surface area contributed by atoms with Crippen molar-refractivity contribution in [1.29, 1.82) is 0 Å². The van der Waals surface area contributed by atoms with E-state index in [-0.39, 0.29) is 24.0 Å². The summed E-state index contributed by atoms with van der Waals surface area (Å²) in [6.45, 7) is 2.55. The molecule has 126 valence electrons. The lowest BCUT2D eigenvalue weighted by molar-refractivity contribution is -0.126. The summed E-state index contributed by atoms with van der Waals surface area (Å²) < 4.78 is 5.52. The largest absolute Gasteiger partial charge is 0.376 e. The monoisotopic (exact) mass is 337 g/mol. The van der Waals surface area contributed by atoms with Crippen LogP contribution in [0.1, 0.15) is 25.7 Å². The molecule has 2 unspecified atom stereocenters. The molecule has 7 heteroatoms. The summed E-state index contributed by atoms with van der Waals surface area (Å²) >= 11 is 1.49. The molecule has 0 spiro atoms. The number of hydrogen-bond donors (Lipinski definition) is 2. The second-order valence-electron chi connectivity index (χ2n) is 6.07. The van der Waals surface area contributed by atoms with Crippen LogP contribution in [0, 0.1) is 5.92 Å². The highest BCUT2D eigenvalue weighted by Crippen LogP contribution is 2.20. The molecule has 2 N–H and O–H groups in total. The van der Waals surface area contributed by atoms with Crippen molar-refractivity contribution in [2.45, 2.75) is 31.8 Å². The first-order chi connectivity index (χ1) is 11.2. The summed E-state index contributed by atoms with van der Waals surface area (Å²) in [5.41, 5.74) is 0. The summed E-state index contributed by atoms with van der Waals surface area (Å²) in [4.78, 5) is 26.3. The van der Waals surface area contributed by atoms with Crippen LogP contribution < -0.4 is 10.6 Å². The highest BCUT2D eigenvalue weighted by atomic mass is 32.1. The number of piperidine rings is 1. The molecule has 3 amide bonds. The molecule has 1 aromatic rings. The van der Waals surface area contributed by atoms with Crippen molar-refractivity contribution in [3.05, 3.63) is 17.5 Å². The number of likely N-dealkylation sites (tertiary alicyclic amines) is 1. The third-order valence-corrected chi connectivity index (χ3v) is 5.14. The maximum atomic E-state index is 12.3. The molecular formula is C16H23N3O3S. The predicted octanol–water partition coefficient (Wildman–Crippen LogP) is 2.29. The molecule has 2 aliphatic heterocycles. The second-order valence-corrected chi connectivity index (χ2v) is 7.02. The summed E-state index contributed by atoms with van der Waals surface area (Å²) in [5, 5.41) is 8.62. The lowest BCUT2D eigenvalue weighted by Crippen LogP contribution is -2.47. The topological polar surface area (TPSA) is 70.7 Å². The zero-order chi connectivity index (χ0) is 16.1. The van der Waals surface area contributed by atoms with Gasteiger partial charge in [-0.25, -0.2) is 4.79 Å². The first kappa shape index (κ1) is 16.3. The van der Waals surface area contributed by atoms with E-state index in [1.807, 2.05) is 17.5 Å². The molecule has 2 atom stereocenters. The van der Waals surface area contributed by atoms with E-state index in [0.29, 0.717) is 19.6 Å². The van der Waals surface area contributed by atoms with Gasteiger partial charge in [0.05, 0.1) is 17.0 Å². The van der Waals surface area contributed by atoms with Crippen molar-refractivity contribution >= 4 is 28.3 Å². The van der Waals surface area contributed by atoms with Gasteiger partial charge in [0, 0.05) is 26.2 Å². The summed E-state index contributed by atoms with van der Waals surface area (Å²) in [6, 6.07) is 3.65. The second kappa shape index (κ2) is 7.79. The van der Waals surface area contributed by atoms with E-state index in [2.05, 4.69) is 10.6 Å². The molecule has 0 aliphatic carbocycles. The van der Waals surface area contributed by atoms with Crippen molar-refractivity contribution in [2.24, 2.45) is 5.92 Å². The maximum absolute atomic E-state index is 12.3. The molecule has 0 saturated carbocycles. The molecule has 2 fully saturated rings. The predicted molar refractivity (Wildman–Crippen MR) is 89.6 cm³/mol. The van der Waals surface area contributed by atoms with Crippen LogP contribution in [0.25, 0.3) is 0 Å². The fourth-order valence-electron chi connectivity index (χ4n) is 3.07. The molecule has 1 aromatic heterocycles. The normalized spacial score (nSPS) is 24.4. The van der Waals surface area contributed by atoms with Crippen LogP contribution in [0.3, 0.4) is 0 Å². The number of ether oxygens (including phenoxy) is 1. The average Bonchev–Trinajstić information content (AvgIpc) is 3.26. The third-order valence-electron chi connectivity index (χ3n) is 4.36. The van der Waals surface area contributed by atoms with Crippen LogP contribution in [0.2, 0.25) is 0 Å². The highest BCUT2D eigenvalue weighted by molar-refractivity contribution is 7.14. The van der Waals surface area contributed by atoms with Crippen LogP contribution in [0.4, 0.5) is 9.80 Å². The van der Waals surface area contributed by atoms with Gasteiger partial charge in [0.1, 0.15) is 0 Å². The van der Waals surface area contributed by atoms with Crippen LogP contribution in [0.5, 0.6) is 0 Å². The van der Waals surface area contributed by atoms with Crippen molar-refractivity contribution in [2.75, 3.05) is 31.6 Å². The van der Waals surface area contributed by atoms with Crippen molar-refractivity contribution < 1.29 is 14.3 Å².